The van der Waals surface area contributed by atoms with Crippen molar-refractivity contribution in [2.75, 3.05) is 25.0 Å². The number of amides is 1. The molecule has 0 spiro atoms. The smallest absolute Gasteiger partial charge is 0.311 e. The van der Waals surface area contributed by atoms with Crippen LogP contribution < -0.4 is 10.1 Å². The average Bonchev–Trinajstić information content (AvgIpc) is 2.95. The predicted octanol–water partition coefficient (Wildman–Crippen LogP) is 2.42. The quantitative estimate of drug-likeness (QED) is 0.644. The largest absolute Gasteiger partial charge is 0.487 e. The van der Waals surface area contributed by atoms with E-state index < -0.39 is 4.92 Å². The summed E-state index contributed by atoms with van der Waals surface area (Å²) in [6.45, 7) is 5.42. The fraction of sp³-hybridized carbons (Fsp3) is 0.533. The zero-order chi connectivity index (χ0) is 16.1. The van der Waals surface area contributed by atoms with Crippen LogP contribution in [0.2, 0.25) is 0 Å². The molecule has 1 fully saturated rings. The van der Waals surface area contributed by atoms with Crippen molar-refractivity contribution in [3.05, 3.63) is 28.3 Å². The second-order valence-corrected chi connectivity index (χ2v) is 5.20. The van der Waals surface area contributed by atoms with Crippen LogP contribution in [0.3, 0.4) is 0 Å². The number of carbonyl (C=O) groups is 1. The maximum Gasteiger partial charge on any atom is 0.311 e. The molecule has 1 atom stereocenters. The van der Waals surface area contributed by atoms with Gasteiger partial charge in [-0.15, -0.1) is 0 Å². The minimum absolute atomic E-state index is 0.0402. The Bertz CT molecular complexity index is 562. The third-order valence-corrected chi connectivity index (χ3v) is 3.67. The summed E-state index contributed by atoms with van der Waals surface area (Å²) in [7, 11) is 0. The van der Waals surface area contributed by atoms with Crippen LogP contribution in [0.5, 0.6) is 5.75 Å². The molecule has 1 amide bonds. The van der Waals surface area contributed by atoms with Crippen molar-refractivity contribution in [1.29, 1.82) is 0 Å². The minimum Gasteiger partial charge on any atom is -0.487 e. The molecule has 0 aromatic heterocycles. The predicted molar refractivity (Wildman–Crippen MR) is 83.2 cm³/mol. The fourth-order valence-corrected chi connectivity index (χ4v) is 2.59. The molecular weight excluding hydrogens is 286 g/mol. The Morgan fingerprint density at radius 1 is 1.50 bits per heavy atom. The number of benzene rings is 1. The van der Waals surface area contributed by atoms with E-state index in [1.54, 1.807) is 19.1 Å². The zero-order valence-electron chi connectivity index (χ0n) is 12.9. The summed E-state index contributed by atoms with van der Waals surface area (Å²) >= 11 is 0. The van der Waals surface area contributed by atoms with Crippen LogP contribution >= 0.6 is 0 Å². The van der Waals surface area contributed by atoms with Crippen LogP contribution in [0.4, 0.5) is 11.4 Å². The van der Waals surface area contributed by atoms with Crippen LogP contribution in [0.1, 0.15) is 26.7 Å². The van der Waals surface area contributed by atoms with E-state index in [1.165, 1.54) is 6.07 Å². The Hall–Kier alpha value is -2.31. The van der Waals surface area contributed by atoms with E-state index in [2.05, 4.69) is 5.32 Å². The highest BCUT2D eigenvalue weighted by molar-refractivity contribution is 5.76. The van der Waals surface area contributed by atoms with Gasteiger partial charge >= 0.3 is 5.69 Å². The second kappa shape index (κ2) is 7.11. The van der Waals surface area contributed by atoms with Gasteiger partial charge in [-0.25, -0.2) is 0 Å². The lowest BCUT2D eigenvalue weighted by molar-refractivity contribution is -0.385. The van der Waals surface area contributed by atoms with Crippen LogP contribution in [0, 0.1) is 10.1 Å². The number of likely N-dealkylation sites (tertiary alicyclic amines) is 1. The van der Waals surface area contributed by atoms with Crippen LogP contribution in [0.25, 0.3) is 0 Å². The second-order valence-electron chi connectivity index (χ2n) is 5.20. The summed E-state index contributed by atoms with van der Waals surface area (Å²) in [5.74, 6) is 0.417. The van der Waals surface area contributed by atoms with Crippen molar-refractivity contribution in [3.63, 3.8) is 0 Å². The topological polar surface area (TPSA) is 84.7 Å². The number of carbonyl (C=O) groups excluding carboxylic acids is 1. The van der Waals surface area contributed by atoms with Gasteiger partial charge in [0.1, 0.15) is 0 Å². The molecule has 1 aromatic rings. The molecule has 0 bridgehead atoms. The van der Waals surface area contributed by atoms with Gasteiger partial charge in [-0.05, 0) is 19.4 Å². The molecule has 7 heteroatoms. The molecule has 7 nitrogen and oxygen atoms in total. The third-order valence-electron chi connectivity index (χ3n) is 3.67. The van der Waals surface area contributed by atoms with Crippen molar-refractivity contribution in [2.45, 2.75) is 32.7 Å². The minimum atomic E-state index is -0.452. The summed E-state index contributed by atoms with van der Waals surface area (Å²) < 4.78 is 5.33. The first-order valence-electron chi connectivity index (χ1n) is 7.50. The number of nitro benzene ring substituents is 1. The lowest BCUT2D eigenvalue weighted by atomic mass is 10.2. The highest BCUT2D eigenvalue weighted by Crippen LogP contribution is 2.31. The first-order valence-corrected chi connectivity index (χ1v) is 7.50. The van der Waals surface area contributed by atoms with E-state index in [4.69, 9.17) is 4.74 Å². The lowest BCUT2D eigenvalue weighted by Crippen LogP contribution is -2.30. The summed E-state index contributed by atoms with van der Waals surface area (Å²) in [4.78, 5) is 24.0. The average molecular weight is 307 g/mol. The van der Waals surface area contributed by atoms with Crippen LogP contribution in [-0.2, 0) is 4.79 Å². The van der Waals surface area contributed by atoms with Crippen molar-refractivity contribution in [1.82, 2.24) is 4.90 Å². The molecule has 1 unspecified atom stereocenters. The highest BCUT2D eigenvalue weighted by atomic mass is 16.6. The van der Waals surface area contributed by atoms with Gasteiger partial charge < -0.3 is 15.0 Å². The number of hydrogen-bond donors (Lipinski definition) is 1. The molecule has 0 saturated carbocycles. The van der Waals surface area contributed by atoms with Gasteiger partial charge in [0, 0.05) is 43.4 Å². The van der Waals surface area contributed by atoms with Gasteiger partial charge in [-0.3, -0.25) is 14.9 Å². The molecule has 1 aliphatic rings. The van der Waals surface area contributed by atoms with Crippen molar-refractivity contribution in [3.8, 4) is 5.75 Å². The molecule has 1 N–H and O–H groups in total. The lowest BCUT2D eigenvalue weighted by Gasteiger charge is -2.17. The standard InChI is InChI=1S/C15H21N3O4/c1-3-15(19)17-8-7-12(10-17)16-11-5-6-13(18(20)21)14(9-11)22-4-2/h5-6,9,12,16H,3-4,7-8,10H2,1-2H3. The summed E-state index contributed by atoms with van der Waals surface area (Å²) in [6.07, 6.45) is 1.38. The first-order chi connectivity index (χ1) is 10.5. The normalized spacial score (nSPS) is 17.4. The van der Waals surface area contributed by atoms with Gasteiger partial charge in [0.15, 0.2) is 5.75 Å². The Labute approximate surface area is 129 Å². The van der Waals surface area contributed by atoms with E-state index >= 15 is 0 Å². The summed E-state index contributed by atoms with van der Waals surface area (Å²) in [5.41, 5.74) is 0.728. The number of hydrogen-bond acceptors (Lipinski definition) is 5. The third kappa shape index (κ3) is 3.66. The maximum atomic E-state index is 11.7. The molecule has 2 rings (SSSR count). The van der Waals surface area contributed by atoms with E-state index in [1.807, 2.05) is 11.8 Å². The zero-order valence-corrected chi connectivity index (χ0v) is 12.9. The number of nitrogens with one attached hydrogen (secondary N) is 1. The molecule has 1 heterocycles. The molecule has 0 radical (unpaired) electrons. The number of rotatable bonds is 6. The van der Waals surface area contributed by atoms with E-state index in [0.717, 1.165) is 18.7 Å². The van der Waals surface area contributed by atoms with Gasteiger partial charge in [0.2, 0.25) is 5.91 Å². The molecule has 120 valence electrons. The van der Waals surface area contributed by atoms with Crippen LogP contribution in [-0.4, -0.2) is 41.5 Å². The van der Waals surface area contributed by atoms with Crippen molar-refractivity contribution >= 4 is 17.3 Å². The number of anilines is 1. The molecule has 22 heavy (non-hydrogen) atoms. The van der Waals surface area contributed by atoms with Gasteiger partial charge in [0.05, 0.1) is 11.5 Å². The monoisotopic (exact) mass is 307 g/mol. The van der Waals surface area contributed by atoms with Crippen molar-refractivity contribution < 1.29 is 14.5 Å². The molecule has 0 aliphatic carbocycles. The maximum absolute atomic E-state index is 11.7. The molecule has 1 saturated heterocycles. The first kappa shape index (κ1) is 16.1. The van der Waals surface area contributed by atoms with E-state index in [-0.39, 0.29) is 23.4 Å². The Balaban J connectivity index is 2.06. The van der Waals surface area contributed by atoms with Crippen LogP contribution in [0.15, 0.2) is 18.2 Å². The highest BCUT2D eigenvalue weighted by Gasteiger charge is 2.25. The number of nitro groups is 1. The van der Waals surface area contributed by atoms with E-state index in [0.29, 0.717) is 19.6 Å². The van der Waals surface area contributed by atoms with Gasteiger partial charge in [-0.2, -0.15) is 0 Å². The molecule has 1 aliphatic heterocycles. The van der Waals surface area contributed by atoms with E-state index in [9.17, 15) is 14.9 Å². The Kier molecular flexibility index (Phi) is 5.19. The summed E-state index contributed by atoms with van der Waals surface area (Å²) in [5, 5.41) is 14.3. The van der Waals surface area contributed by atoms with Gasteiger partial charge in [-0.1, -0.05) is 6.92 Å². The Morgan fingerprint density at radius 2 is 2.27 bits per heavy atom. The van der Waals surface area contributed by atoms with Crippen molar-refractivity contribution in [2.24, 2.45) is 0 Å². The molecule has 1 aromatic carbocycles. The number of nitrogens with zero attached hydrogens (tertiary/aromatic N) is 2. The fourth-order valence-electron chi connectivity index (χ4n) is 2.59. The van der Waals surface area contributed by atoms with Gasteiger partial charge in [0.25, 0.3) is 0 Å². The Morgan fingerprint density at radius 3 is 2.91 bits per heavy atom. The number of ether oxygens (including phenoxy) is 1. The summed E-state index contributed by atoms with van der Waals surface area (Å²) in [6, 6.07) is 4.92. The molecular formula is C15H21N3O4. The SMILES string of the molecule is CCOc1cc(NC2CCN(C(=O)CC)C2)ccc1[N+](=O)[O-].